The van der Waals surface area contributed by atoms with Crippen LogP contribution in [0.25, 0.3) is 5.70 Å². The third-order valence-electron chi connectivity index (χ3n) is 6.64. The van der Waals surface area contributed by atoms with Crippen LogP contribution in [0.5, 0.6) is 0 Å². The van der Waals surface area contributed by atoms with Crippen molar-refractivity contribution in [1.82, 2.24) is 4.90 Å². The molecule has 2 heterocycles. The molecule has 0 bridgehead atoms. The first-order valence-electron chi connectivity index (χ1n) is 11.6. The largest absolute Gasteiger partial charge is 0.463 e. The van der Waals surface area contributed by atoms with E-state index in [0.717, 1.165) is 5.56 Å². The highest BCUT2D eigenvalue weighted by molar-refractivity contribution is 6.22. The molecule has 0 radical (unpaired) electrons. The Morgan fingerprint density at radius 3 is 2.42 bits per heavy atom. The molecule has 8 heteroatoms. The van der Waals surface area contributed by atoms with E-state index in [4.69, 9.17) is 15.2 Å². The highest BCUT2D eigenvalue weighted by Gasteiger charge is 2.66. The molecule has 2 aromatic rings. The number of carbonyl (C=O) groups excluding carboxylic acids is 3. The van der Waals surface area contributed by atoms with Crippen molar-refractivity contribution in [1.29, 1.82) is 5.26 Å². The third-order valence-corrected chi connectivity index (χ3v) is 6.64. The summed E-state index contributed by atoms with van der Waals surface area (Å²) in [5.74, 6) is -1.86. The molecule has 1 aliphatic carbocycles. The second-order valence-corrected chi connectivity index (χ2v) is 8.61. The first kappa shape index (κ1) is 23.1. The van der Waals surface area contributed by atoms with Gasteiger partial charge in [0.1, 0.15) is 17.4 Å². The number of carbonyl (C=O) groups is 3. The van der Waals surface area contributed by atoms with Crippen molar-refractivity contribution in [3.05, 3.63) is 100 Å². The molecule has 180 valence electrons. The van der Waals surface area contributed by atoms with Crippen molar-refractivity contribution >= 4 is 23.4 Å². The number of amides is 1. The molecule has 1 amide bonds. The zero-order valence-corrected chi connectivity index (χ0v) is 19.6. The molecule has 0 aromatic heterocycles. The molecule has 1 spiro atoms. The highest BCUT2D eigenvalue weighted by Crippen LogP contribution is 2.59. The Balaban J connectivity index is 1.89. The van der Waals surface area contributed by atoms with Gasteiger partial charge in [0.25, 0.3) is 0 Å². The van der Waals surface area contributed by atoms with Gasteiger partial charge in [-0.3, -0.25) is 9.59 Å². The Labute approximate surface area is 207 Å². The number of nitrogens with two attached hydrogens (primary N) is 1. The van der Waals surface area contributed by atoms with Crippen molar-refractivity contribution in [3.63, 3.8) is 0 Å². The Bertz CT molecular complexity index is 1420. The fourth-order valence-electron chi connectivity index (χ4n) is 5.24. The number of fused-ring (bicyclic) bond motifs is 1. The quantitative estimate of drug-likeness (QED) is 0.650. The van der Waals surface area contributed by atoms with Crippen molar-refractivity contribution in [2.45, 2.75) is 26.3 Å². The second-order valence-electron chi connectivity index (χ2n) is 8.61. The van der Waals surface area contributed by atoms with Gasteiger partial charge in [0, 0.05) is 12.8 Å². The number of hydrogen-bond donors (Lipinski definition) is 1. The standard InChI is InChI=1S/C28H23N3O5/c1-2-35-26(33)23-24(18-11-7-4-8-12-18)31(16-17-9-5-3-6-10-17)27(34)28(23)19(15-29)25(30)36-21-14-13-20(32)22(21)28/h3-12H,2,13-14,16,30H2,1H3. The van der Waals surface area contributed by atoms with Gasteiger partial charge in [-0.1, -0.05) is 60.7 Å². The van der Waals surface area contributed by atoms with Crippen LogP contribution in [-0.4, -0.2) is 29.2 Å². The van der Waals surface area contributed by atoms with E-state index in [1.165, 1.54) is 4.90 Å². The van der Waals surface area contributed by atoms with Gasteiger partial charge >= 0.3 is 5.97 Å². The van der Waals surface area contributed by atoms with Crippen LogP contribution in [0.4, 0.5) is 0 Å². The summed E-state index contributed by atoms with van der Waals surface area (Å²) in [5.41, 5.74) is 5.37. The van der Waals surface area contributed by atoms with Gasteiger partial charge in [0.2, 0.25) is 11.8 Å². The highest BCUT2D eigenvalue weighted by atomic mass is 16.5. The van der Waals surface area contributed by atoms with Gasteiger partial charge in [-0.05, 0) is 18.1 Å². The minimum Gasteiger partial charge on any atom is -0.463 e. The van der Waals surface area contributed by atoms with E-state index in [1.54, 1.807) is 31.2 Å². The van der Waals surface area contributed by atoms with Crippen LogP contribution in [-0.2, 0) is 30.4 Å². The van der Waals surface area contributed by atoms with E-state index >= 15 is 0 Å². The van der Waals surface area contributed by atoms with Gasteiger partial charge in [0.15, 0.2) is 11.2 Å². The average Bonchev–Trinajstić information content (AvgIpc) is 3.37. The molecule has 2 aliphatic heterocycles. The molecule has 0 fully saturated rings. The lowest BCUT2D eigenvalue weighted by Crippen LogP contribution is -2.45. The van der Waals surface area contributed by atoms with Gasteiger partial charge in [-0.15, -0.1) is 0 Å². The fraction of sp³-hybridized carbons (Fsp3) is 0.214. The van der Waals surface area contributed by atoms with Crippen molar-refractivity contribution in [2.24, 2.45) is 11.1 Å². The summed E-state index contributed by atoms with van der Waals surface area (Å²) in [6, 6.07) is 20.2. The van der Waals surface area contributed by atoms with Crippen LogP contribution in [0.1, 0.15) is 30.9 Å². The molecule has 0 saturated heterocycles. The lowest BCUT2D eigenvalue weighted by molar-refractivity contribution is -0.142. The zero-order chi connectivity index (χ0) is 25.4. The number of allylic oxidation sites excluding steroid dienone is 1. The van der Waals surface area contributed by atoms with Crippen LogP contribution in [0.3, 0.4) is 0 Å². The maximum Gasteiger partial charge on any atom is 0.337 e. The zero-order valence-electron chi connectivity index (χ0n) is 19.6. The van der Waals surface area contributed by atoms with Gasteiger partial charge in [0.05, 0.1) is 30.0 Å². The normalized spacial score (nSPS) is 21.2. The molecule has 3 aliphatic rings. The number of benzene rings is 2. The van der Waals surface area contributed by atoms with Crippen LogP contribution in [0.2, 0.25) is 0 Å². The van der Waals surface area contributed by atoms with E-state index in [-0.39, 0.29) is 65.8 Å². The lowest BCUT2D eigenvalue weighted by atomic mass is 9.67. The molecular formula is C28H23N3O5. The maximum absolute atomic E-state index is 14.6. The SMILES string of the molecule is CCOC(=O)C1=C(c2ccccc2)N(Cc2ccccc2)C(=O)C12C(C#N)=C(N)OC1=C2C(=O)CC1. The number of hydrogen-bond acceptors (Lipinski definition) is 7. The second kappa shape index (κ2) is 8.86. The maximum atomic E-state index is 14.6. The molecular weight excluding hydrogens is 458 g/mol. The molecule has 8 nitrogen and oxygen atoms in total. The number of nitrogens with zero attached hydrogens (tertiary/aromatic N) is 2. The number of rotatable bonds is 5. The fourth-order valence-corrected chi connectivity index (χ4v) is 5.24. The smallest absolute Gasteiger partial charge is 0.337 e. The molecule has 0 saturated carbocycles. The Morgan fingerprint density at radius 2 is 1.78 bits per heavy atom. The average molecular weight is 482 g/mol. The Morgan fingerprint density at radius 1 is 1.11 bits per heavy atom. The lowest BCUT2D eigenvalue weighted by Gasteiger charge is -2.34. The summed E-state index contributed by atoms with van der Waals surface area (Å²) in [4.78, 5) is 43.0. The van der Waals surface area contributed by atoms with Crippen molar-refractivity contribution < 1.29 is 23.9 Å². The van der Waals surface area contributed by atoms with E-state index in [2.05, 4.69) is 0 Å². The number of nitriles is 1. The van der Waals surface area contributed by atoms with Crippen LogP contribution < -0.4 is 5.73 Å². The summed E-state index contributed by atoms with van der Waals surface area (Å²) in [5, 5.41) is 10.2. The molecule has 1 unspecified atom stereocenters. The van der Waals surface area contributed by atoms with Crippen LogP contribution in [0.15, 0.2) is 89.0 Å². The minimum absolute atomic E-state index is 0.00899. The first-order chi connectivity index (χ1) is 17.4. The van der Waals surface area contributed by atoms with Crippen molar-refractivity contribution in [3.8, 4) is 6.07 Å². The number of esters is 1. The number of ketones is 1. The summed E-state index contributed by atoms with van der Waals surface area (Å²) in [6.45, 7) is 1.78. The predicted molar refractivity (Wildman–Crippen MR) is 129 cm³/mol. The summed E-state index contributed by atoms with van der Waals surface area (Å²) < 4.78 is 11.1. The molecule has 36 heavy (non-hydrogen) atoms. The van der Waals surface area contributed by atoms with Gasteiger partial charge in [-0.2, -0.15) is 5.26 Å². The minimum atomic E-state index is -2.05. The number of ether oxygens (including phenoxy) is 2. The summed E-state index contributed by atoms with van der Waals surface area (Å²) >= 11 is 0. The van der Waals surface area contributed by atoms with Crippen LogP contribution >= 0.6 is 0 Å². The molecule has 1 atom stereocenters. The number of Topliss-reactive ketones (excluding diaryl/α,β-unsaturated/α-hetero) is 1. The predicted octanol–water partition coefficient (Wildman–Crippen LogP) is 3.33. The van der Waals surface area contributed by atoms with Gasteiger partial charge < -0.3 is 20.1 Å². The topological polar surface area (TPSA) is 123 Å². The summed E-state index contributed by atoms with van der Waals surface area (Å²) in [6.07, 6.45) is 0.305. The molecule has 5 rings (SSSR count). The molecule has 2 aromatic carbocycles. The van der Waals surface area contributed by atoms with E-state index in [9.17, 15) is 19.6 Å². The van der Waals surface area contributed by atoms with E-state index in [1.807, 2.05) is 42.5 Å². The van der Waals surface area contributed by atoms with E-state index in [0.29, 0.717) is 5.56 Å². The Kier molecular flexibility index (Phi) is 5.69. The van der Waals surface area contributed by atoms with Gasteiger partial charge in [-0.25, -0.2) is 4.79 Å². The van der Waals surface area contributed by atoms with Crippen molar-refractivity contribution in [2.75, 3.05) is 6.61 Å². The Hall–Kier alpha value is -4.64. The van der Waals surface area contributed by atoms with E-state index < -0.39 is 17.3 Å². The monoisotopic (exact) mass is 481 g/mol. The first-order valence-corrected chi connectivity index (χ1v) is 11.6. The van der Waals surface area contributed by atoms with Crippen LogP contribution in [0, 0.1) is 16.7 Å². The summed E-state index contributed by atoms with van der Waals surface area (Å²) in [7, 11) is 0. The molecule has 2 N–H and O–H groups in total. The third kappa shape index (κ3) is 3.24.